The third-order valence-corrected chi connectivity index (χ3v) is 5.71. The normalized spacial score (nSPS) is 15.8. The van der Waals surface area contributed by atoms with Crippen LogP contribution < -0.4 is 20.5 Å². The van der Waals surface area contributed by atoms with Crippen LogP contribution in [0.25, 0.3) is 11.2 Å². The first kappa shape index (κ1) is 21.7. The van der Waals surface area contributed by atoms with E-state index >= 15 is 0 Å². The van der Waals surface area contributed by atoms with Gasteiger partial charge in [-0.1, -0.05) is 0 Å². The maximum atomic E-state index is 13.2. The summed E-state index contributed by atoms with van der Waals surface area (Å²) in [5, 5.41) is 2.89. The van der Waals surface area contributed by atoms with Gasteiger partial charge in [-0.15, -0.1) is 0 Å². The number of carbonyl (C=O) groups is 1. The molecule has 0 unspecified atom stereocenters. The van der Waals surface area contributed by atoms with E-state index in [1.165, 1.54) is 0 Å². The zero-order valence-electron chi connectivity index (χ0n) is 18.4. The van der Waals surface area contributed by atoms with Gasteiger partial charge in [0.15, 0.2) is 5.65 Å². The number of hydrogen-bond donors (Lipinski definition) is 1. The molecule has 1 N–H and O–H groups in total. The second-order valence-corrected chi connectivity index (χ2v) is 7.53. The lowest BCUT2D eigenvalue weighted by Crippen LogP contribution is -2.35. The Morgan fingerprint density at radius 1 is 1.22 bits per heavy atom. The lowest BCUT2D eigenvalue weighted by atomic mass is 10.2. The summed E-state index contributed by atoms with van der Waals surface area (Å²) in [5.41, 5.74) is 1.77. The van der Waals surface area contributed by atoms with Gasteiger partial charge in [-0.05, 0) is 30.7 Å². The van der Waals surface area contributed by atoms with Crippen molar-refractivity contribution in [1.29, 1.82) is 0 Å². The molecule has 170 valence electrons. The zero-order chi connectivity index (χ0) is 22.7. The van der Waals surface area contributed by atoms with E-state index in [-0.39, 0.29) is 17.8 Å². The molecule has 2 amide bonds. The quantitative estimate of drug-likeness (QED) is 0.604. The van der Waals surface area contributed by atoms with Crippen molar-refractivity contribution in [3.8, 4) is 11.5 Å². The highest BCUT2D eigenvalue weighted by Crippen LogP contribution is 2.30. The molecule has 32 heavy (non-hydrogen) atoms. The van der Waals surface area contributed by atoms with E-state index in [1.54, 1.807) is 59.8 Å². The Bertz CT molecular complexity index is 1170. The number of likely N-dealkylation sites (tertiary alicyclic amines) is 1. The third kappa shape index (κ3) is 4.01. The number of imidazole rings is 1. The lowest BCUT2D eigenvalue weighted by Gasteiger charge is -2.19. The van der Waals surface area contributed by atoms with Crippen molar-refractivity contribution in [3.63, 3.8) is 0 Å². The number of fused-ring (bicyclic) bond motifs is 1. The van der Waals surface area contributed by atoms with Gasteiger partial charge in [-0.25, -0.2) is 14.6 Å². The Hall–Kier alpha value is -3.53. The highest BCUT2D eigenvalue weighted by atomic mass is 16.5. The van der Waals surface area contributed by atoms with Gasteiger partial charge in [0, 0.05) is 32.5 Å². The molecule has 0 radical (unpaired) electrons. The van der Waals surface area contributed by atoms with Crippen molar-refractivity contribution in [3.05, 3.63) is 47.0 Å². The molecule has 1 aliphatic heterocycles. The van der Waals surface area contributed by atoms with Gasteiger partial charge in [-0.3, -0.25) is 9.13 Å². The summed E-state index contributed by atoms with van der Waals surface area (Å²) >= 11 is 0. The average Bonchev–Trinajstić information content (AvgIpc) is 3.40. The van der Waals surface area contributed by atoms with E-state index in [2.05, 4.69) is 10.3 Å². The number of carbonyl (C=O) groups excluding carboxylic acids is 1. The van der Waals surface area contributed by atoms with Crippen LogP contribution >= 0.6 is 0 Å². The number of hydrogen-bond acceptors (Lipinski definition) is 6. The van der Waals surface area contributed by atoms with Gasteiger partial charge in [0.25, 0.3) is 0 Å². The number of methoxy groups -OCH3 is 3. The smallest absolute Gasteiger partial charge is 0.330 e. The number of pyridine rings is 1. The molecular formula is C22H27N5O5. The van der Waals surface area contributed by atoms with Crippen LogP contribution in [0, 0.1) is 0 Å². The Balaban J connectivity index is 1.56. The fourth-order valence-electron chi connectivity index (χ4n) is 4.08. The highest BCUT2D eigenvalue weighted by molar-refractivity contribution is 5.91. The molecule has 2 aromatic heterocycles. The second kappa shape index (κ2) is 9.31. The van der Waals surface area contributed by atoms with E-state index in [0.717, 1.165) is 5.52 Å². The number of urea groups is 1. The minimum absolute atomic E-state index is 0.141. The first-order valence-corrected chi connectivity index (χ1v) is 10.4. The van der Waals surface area contributed by atoms with Gasteiger partial charge in [0.2, 0.25) is 0 Å². The summed E-state index contributed by atoms with van der Waals surface area (Å²) in [6, 6.07) is 8.48. The lowest BCUT2D eigenvalue weighted by molar-refractivity contribution is 0.187. The molecule has 1 saturated heterocycles. The predicted octanol–water partition coefficient (Wildman–Crippen LogP) is 2.34. The molecule has 3 aromatic rings. The summed E-state index contributed by atoms with van der Waals surface area (Å²) in [5.74, 6) is 1.15. The predicted molar refractivity (Wildman–Crippen MR) is 120 cm³/mol. The van der Waals surface area contributed by atoms with Crippen LogP contribution in [-0.4, -0.2) is 66.1 Å². The van der Waals surface area contributed by atoms with Gasteiger partial charge in [0.1, 0.15) is 11.5 Å². The Morgan fingerprint density at radius 2 is 2.06 bits per heavy atom. The van der Waals surface area contributed by atoms with Crippen molar-refractivity contribution in [2.75, 3.05) is 46.3 Å². The molecule has 4 rings (SSSR count). The summed E-state index contributed by atoms with van der Waals surface area (Å²) < 4.78 is 19.1. The summed E-state index contributed by atoms with van der Waals surface area (Å²) in [6.45, 7) is 1.79. The van der Waals surface area contributed by atoms with Crippen LogP contribution in [0.15, 0.2) is 41.3 Å². The standard InChI is InChI=1S/C22H27N5O5/c1-30-12-11-26-18-5-4-9-23-20(18)27(22(26)29)15-8-10-25(14-15)21(28)24-17-13-16(31-2)6-7-19(17)32-3/h4-7,9,13,15H,8,10-12,14H2,1-3H3,(H,24,28)/t15-/m1/s1. The van der Waals surface area contributed by atoms with Crippen molar-refractivity contribution in [2.24, 2.45) is 0 Å². The van der Waals surface area contributed by atoms with E-state index in [0.29, 0.717) is 55.5 Å². The average molecular weight is 441 g/mol. The molecule has 0 bridgehead atoms. The van der Waals surface area contributed by atoms with Crippen molar-refractivity contribution < 1.29 is 19.0 Å². The zero-order valence-corrected chi connectivity index (χ0v) is 18.4. The summed E-state index contributed by atoms with van der Waals surface area (Å²) in [7, 11) is 4.71. The van der Waals surface area contributed by atoms with Crippen LogP contribution in [0.4, 0.5) is 10.5 Å². The van der Waals surface area contributed by atoms with Gasteiger partial charge in [0.05, 0.1) is 44.6 Å². The minimum Gasteiger partial charge on any atom is -0.497 e. The van der Waals surface area contributed by atoms with Crippen LogP contribution in [0.2, 0.25) is 0 Å². The monoisotopic (exact) mass is 441 g/mol. The molecule has 10 heteroatoms. The van der Waals surface area contributed by atoms with Crippen LogP contribution in [0.5, 0.6) is 11.5 Å². The van der Waals surface area contributed by atoms with E-state index in [9.17, 15) is 9.59 Å². The SMILES string of the molecule is COCCn1c(=O)n([C@@H]2CCN(C(=O)Nc3cc(OC)ccc3OC)C2)c2ncccc21. The topological polar surface area (TPSA) is 99.9 Å². The van der Waals surface area contributed by atoms with Gasteiger partial charge >= 0.3 is 11.7 Å². The Morgan fingerprint density at radius 3 is 2.81 bits per heavy atom. The highest BCUT2D eigenvalue weighted by Gasteiger charge is 2.31. The molecule has 0 spiro atoms. The number of nitrogens with one attached hydrogen (secondary N) is 1. The molecule has 1 fully saturated rings. The van der Waals surface area contributed by atoms with Crippen LogP contribution in [0.1, 0.15) is 12.5 Å². The van der Waals surface area contributed by atoms with Crippen molar-refractivity contribution in [2.45, 2.75) is 19.0 Å². The number of benzene rings is 1. The summed E-state index contributed by atoms with van der Waals surface area (Å²) in [4.78, 5) is 32.3. The van der Waals surface area contributed by atoms with Crippen LogP contribution in [0.3, 0.4) is 0 Å². The summed E-state index contributed by atoms with van der Waals surface area (Å²) in [6.07, 6.45) is 2.33. The number of aromatic nitrogens is 3. The number of nitrogens with zero attached hydrogens (tertiary/aromatic N) is 4. The van der Waals surface area contributed by atoms with E-state index in [4.69, 9.17) is 14.2 Å². The Labute approximate surface area is 185 Å². The van der Waals surface area contributed by atoms with E-state index in [1.807, 2.05) is 12.1 Å². The van der Waals surface area contributed by atoms with Gasteiger partial charge < -0.3 is 24.4 Å². The number of anilines is 1. The molecular weight excluding hydrogens is 414 g/mol. The van der Waals surface area contributed by atoms with E-state index < -0.39 is 0 Å². The van der Waals surface area contributed by atoms with Crippen molar-refractivity contribution in [1.82, 2.24) is 19.0 Å². The fraction of sp³-hybridized carbons (Fsp3) is 0.409. The first-order valence-electron chi connectivity index (χ1n) is 10.4. The number of amides is 2. The first-order chi connectivity index (χ1) is 15.6. The largest absolute Gasteiger partial charge is 0.497 e. The van der Waals surface area contributed by atoms with Gasteiger partial charge in [-0.2, -0.15) is 0 Å². The molecule has 1 aliphatic rings. The number of ether oxygens (including phenoxy) is 3. The molecule has 0 saturated carbocycles. The number of rotatable bonds is 7. The molecule has 0 aliphatic carbocycles. The second-order valence-electron chi connectivity index (χ2n) is 7.53. The maximum absolute atomic E-state index is 13.2. The molecule has 1 atom stereocenters. The van der Waals surface area contributed by atoms with Crippen LogP contribution in [-0.2, 0) is 11.3 Å². The third-order valence-electron chi connectivity index (χ3n) is 5.71. The van der Waals surface area contributed by atoms with Crippen molar-refractivity contribution >= 4 is 22.9 Å². The minimum atomic E-state index is -0.261. The molecule has 10 nitrogen and oxygen atoms in total. The Kier molecular flexibility index (Phi) is 6.31. The fourth-order valence-corrected chi connectivity index (χ4v) is 4.08. The molecule has 1 aromatic carbocycles. The maximum Gasteiger partial charge on any atom is 0.330 e. The molecule has 3 heterocycles.